The molecule has 1 saturated heterocycles. The van der Waals surface area contributed by atoms with E-state index in [1.807, 2.05) is 12.1 Å². The first-order valence-corrected chi connectivity index (χ1v) is 8.34. The molecule has 1 aliphatic carbocycles. The Bertz CT molecular complexity index is 584. The first-order valence-electron chi connectivity index (χ1n) is 8.34. The molecule has 3 amide bonds. The molecular weight excluding hydrogens is 276 g/mol. The molecule has 22 heavy (non-hydrogen) atoms. The van der Waals surface area contributed by atoms with Crippen LogP contribution in [0.5, 0.6) is 0 Å². The lowest BCUT2D eigenvalue weighted by Crippen LogP contribution is -2.40. The molecule has 0 spiro atoms. The van der Waals surface area contributed by atoms with Crippen LogP contribution in [0.1, 0.15) is 37.3 Å². The van der Waals surface area contributed by atoms with E-state index in [9.17, 15) is 9.59 Å². The van der Waals surface area contributed by atoms with E-state index >= 15 is 0 Å². The molecule has 1 aromatic rings. The Labute approximate surface area is 131 Å². The second kappa shape index (κ2) is 5.11. The summed E-state index contributed by atoms with van der Waals surface area (Å²) in [6.45, 7) is 3.43. The Morgan fingerprint density at radius 2 is 1.91 bits per heavy atom. The van der Waals surface area contributed by atoms with Crippen LogP contribution < -0.4 is 0 Å². The fraction of sp³-hybridized carbons (Fsp3) is 0.556. The van der Waals surface area contributed by atoms with E-state index in [-0.39, 0.29) is 18.0 Å². The maximum Gasteiger partial charge on any atom is 0.327 e. The molecule has 1 aromatic carbocycles. The van der Waals surface area contributed by atoms with Crippen LogP contribution in [0.3, 0.4) is 0 Å². The van der Waals surface area contributed by atoms with Crippen molar-refractivity contribution in [2.75, 3.05) is 6.54 Å². The number of benzene rings is 1. The lowest BCUT2D eigenvalue weighted by molar-refractivity contribution is -0.129. The minimum atomic E-state index is -0.279. The van der Waals surface area contributed by atoms with Crippen LogP contribution in [-0.2, 0) is 17.8 Å². The predicted molar refractivity (Wildman–Crippen MR) is 83.1 cm³/mol. The number of hydrogen-bond acceptors (Lipinski definition) is 2. The molecule has 2 fully saturated rings. The van der Waals surface area contributed by atoms with Crippen LogP contribution in [-0.4, -0.2) is 34.3 Å². The molecule has 0 radical (unpaired) electrons. The summed E-state index contributed by atoms with van der Waals surface area (Å²) in [7, 11) is 0. The van der Waals surface area contributed by atoms with E-state index < -0.39 is 0 Å². The number of nitrogens with zero attached hydrogens (tertiary/aromatic N) is 2. The van der Waals surface area contributed by atoms with Crippen molar-refractivity contribution < 1.29 is 9.59 Å². The zero-order valence-electron chi connectivity index (χ0n) is 13.0. The van der Waals surface area contributed by atoms with Gasteiger partial charge in [-0.05, 0) is 29.4 Å². The van der Waals surface area contributed by atoms with Crippen molar-refractivity contribution in [1.82, 2.24) is 9.80 Å². The molecule has 0 N–H and O–H groups in total. The largest absolute Gasteiger partial charge is 0.327 e. The van der Waals surface area contributed by atoms with Gasteiger partial charge in [0.15, 0.2) is 0 Å². The number of rotatable bonds is 2. The Balaban J connectivity index is 1.56. The summed E-state index contributed by atoms with van der Waals surface area (Å²) in [6.07, 6.45) is 4.25. The molecule has 0 bridgehead atoms. The van der Waals surface area contributed by atoms with E-state index in [1.165, 1.54) is 28.9 Å². The van der Waals surface area contributed by atoms with Crippen molar-refractivity contribution in [1.29, 1.82) is 0 Å². The number of hydrogen-bond donors (Lipinski definition) is 0. The van der Waals surface area contributed by atoms with E-state index in [2.05, 4.69) is 19.1 Å². The molecule has 4 rings (SSSR count). The van der Waals surface area contributed by atoms with Crippen LogP contribution in [0.4, 0.5) is 4.79 Å². The van der Waals surface area contributed by atoms with Crippen LogP contribution >= 0.6 is 0 Å². The third-order valence-corrected chi connectivity index (χ3v) is 5.73. The normalized spacial score (nSPS) is 30.7. The number of carbonyl (C=O) groups excluding carboxylic acids is 2. The van der Waals surface area contributed by atoms with Gasteiger partial charge in [0, 0.05) is 19.5 Å². The molecule has 0 aromatic heterocycles. The predicted octanol–water partition coefficient (Wildman–Crippen LogP) is 2.81. The number of amides is 3. The topological polar surface area (TPSA) is 40.6 Å². The van der Waals surface area contributed by atoms with E-state index in [0.717, 1.165) is 6.42 Å². The van der Waals surface area contributed by atoms with Gasteiger partial charge >= 0.3 is 6.03 Å². The molecule has 2 heterocycles. The quantitative estimate of drug-likeness (QED) is 0.788. The number of imide groups is 1. The monoisotopic (exact) mass is 298 g/mol. The average molecular weight is 298 g/mol. The van der Waals surface area contributed by atoms with Crippen molar-refractivity contribution in [2.24, 2.45) is 11.8 Å². The lowest BCUT2D eigenvalue weighted by atomic mass is 9.94. The molecule has 116 valence electrons. The van der Waals surface area contributed by atoms with Gasteiger partial charge in [-0.2, -0.15) is 0 Å². The summed E-state index contributed by atoms with van der Waals surface area (Å²) in [6, 6.07) is 7.78. The SMILES string of the molecule is CC1CCCC1CN1C(=O)C2Cc3ccccc3CN2C1=O. The first-order chi connectivity index (χ1) is 10.6. The standard InChI is InChI=1S/C18H22N2O2/c1-12-5-4-8-14(12)10-20-17(21)16-9-13-6-2-3-7-15(13)11-19(16)18(20)22/h2-3,6-7,12,14,16H,4-5,8-11H2,1H3. The van der Waals surface area contributed by atoms with E-state index in [4.69, 9.17) is 0 Å². The smallest absolute Gasteiger partial charge is 0.308 e. The van der Waals surface area contributed by atoms with Gasteiger partial charge in [0.25, 0.3) is 5.91 Å². The number of carbonyl (C=O) groups is 2. The lowest BCUT2D eigenvalue weighted by Gasteiger charge is -2.28. The second-order valence-electron chi connectivity index (χ2n) is 7.02. The van der Waals surface area contributed by atoms with Crippen LogP contribution in [0, 0.1) is 11.8 Å². The molecule has 4 heteroatoms. The van der Waals surface area contributed by atoms with Gasteiger partial charge in [-0.1, -0.05) is 44.0 Å². The van der Waals surface area contributed by atoms with Gasteiger partial charge in [0.05, 0.1) is 0 Å². The van der Waals surface area contributed by atoms with Gasteiger partial charge in [0.1, 0.15) is 6.04 Å². The Morgan fingerprint density at radius 1 is 1.14 bits per heavy atom. The van der Waals surface area contributed by atoms with Crippen molar-refractivity contribution in [2.45, 2.75) is 45.2 Å². The Kier molecular flexibility index (Phi) is 3.21. The van der Waals surface area contributed by atoms with Gasteiger partial charge in [-0.25, -0.2) is 4.79 Å². The highest BCUT2D eigenvalue weighted by Crippen LogP contribution is 2.35. The third kappa shape index (κ3) is 2.04. The fourth-order valence-electron chi connectivity index (χ4n) is 4.27. The summed E-state index contributed by atoms with van der Waals surface area (Å²) in [5.41, 5.74) is 2.39. The summed E-state index contributed by atoms with van der Waals surface area (Å²) >= 11 is 0. The van der Waals surface area contributed by atoms with Gasteiger partial charge in [-0.15, -0.1) is 0 Å². The highest BCUT2D eigenvalue weighted by atomic mass is 16.2. The molecule has 4 nitrogen and oxygen atoms in total. The van der Waals surface area contributed by atoms with Gasteiger partial charge in [0.2, 0.25) is 0 Å². The van der Waals surface area contributed by atoms with Crippen molar-refractivity contribution in [3.8, 4) is 0 Å². The zero-order valence-corrected chi connectivity index (χ0v) is 13.0. The minimum Gasteiger partial charge on any atom is -0.308 e. The van der Waals surface area contributed by atoms with Crippen LogP contribution in [0.2, 0.25) is 0 Å². The van der Waals surface area contributed by atoms with Crippen molar-refractivity contribution in [3.63, 3.8) is 0 Å². The third-order valence-electron chi connectivity index (χ3n) is 5.73. The molecule has 2 aliphatic heterocycles. The maximum absolute atomic E-state index is 12.7. The van der Waals surface area contributed by atoms with Crippen LogP contribution in [0.25, 0.3) is 0 Å². The number of fused-ring (bicyclic) bond motifs is 2. The molecule has 3 aliphatic rings. The summed E-state index contributed by atoms with van der Waals surface area (Å²) in [4.78, 5) is 28.7. The highest BCUT2D eigenvalue weighted by molar-refractivity contribution is 6.04. The van der Waals surface area contributed by atoms with Crippen molar-refractivity contribution in [3.05, 3.63) is 35.4 Å². The van der Waals surface area contributed by atoms with E-state index in [0.29, 0.717) is 31.3 Å². The first kappa shape index (κ1) is 13.8. The minimum absolute atomic E-state index is 0.0126. The Hall–Kier alpha value is -1.84. The van der Waals surface area contributed by atoms with Gasteiger partial charge in [-0.3, -0.25) is 9.69 Å². The van der Waals surface area contributed by atoms with Gasteiger partial charge < -0.3 is 4.90 Å². The Morgan fingerprint density at radius 3 is 2.64 bits per heavy atom. The summed E-state index contributed by atoms with van der Waals surface area (Å²) < 4.78 is 0. The summed E-state index contributed by atoms with van der Waals surface area (Å²) in [5.74, 6) is 1.12. The second-order valence-corrected chi connectivity index (χ2v) is 7.02. The molecule has 3 unspecified atom stereocenters. The zero-order chi connectivity index (χ0) is 15.3. The van der Waals surface area contributed by atoms with Crippen molar-refractivity contribution >= 4 is 11.9 Å². The molecule has 3 atom stereocenters. The highest BCUT2D eigenvalue weighted by Gasteiger charge is 2.47. The number of urea groups is 1. The maximum atomic E-state index is 12.7. The van der Waals surface area contributed by atoms with Crippen LogP contribution in [0.15, 0.2) is 24.3 Å². The molecular formula is C18H22N2O2. The fourth-order valence-corrected chi connectivity index (χ4v) is 4.27. The average Bonchev–Trinajstić information content (AvgIpc) is 3.03. The molecule has 1 saturated carbocycles. The van der Waals surface area contributed by atoms with E-state index in [1.54, 1.807) is 4.90 Å². The summed E-state index contributed by atoms with van der Waals surface area (Å²) in [5, 5.41) is 0.